The van der Waals surface area contributed by atoms with Gasteiger partial charge in [0.15, 0.2) is 0 Å². The van der Waals surface area contributed by atoms with Gasteiger partial charge in [-0.25, -0.2) is 9.59 Å². The SMILES string of the molecule is Cc1c(NC(=O)C(NC(N)=O)C(C)C)cccc1C(=O)O. The van der Waals surface area contributed by atoms with Crippen LogP contribution >= 0.6 is 0 Å². The number of carboxylic acids is 1. The highest BCUT2D eigenvalue weighted by Gasteiger charge is 2.24. The van der Waals surface area contributed by atoms with E-state index in [4.69, 9.17) is 10.8 Å². The summed E-state index contributed by atoms with van der Waals surface area (Å²) in [4.78, 5) is 34.2. The lowest BCUT2D eigenvalue weighted by atomic mass is 10.0. The van der Waals surface area contributed by atoms with E-state index in [0.29, 0.717) is 11.3 Å². The fourth-order valence-electron chi connectivity index (χ4n) is 1.90. The number of primary amides is 1. The van der Waals surface area contributed by atoms with Gasteiger partial charge in [0.2, 0.25) is 5.91 Å². The molecule has 0 aromatic heterocycles. The second kappa shape index (κ2) is 6.74. The topological polar surface area (TPSA) is 122 Å². The Bertz CT molecular complexity index is 569. The number of rotatable bonds is 5. The number of amides is 3. The molecule has 1 atom stereocenters. The Kier molecular flexibility index (Phi) is 5.29. The lowest BCUT2D eigenvalue weighted by Gasteiger charge is -2.21. The summed E-state index contributed by atoms with van der Waals surface area (Å²) in [7, 11) is 0. The first-order chi connectivity index (χ1) is 9.73. The first-order valence-electron chi connectivity index (χ1n) is 6.43. The molecule has 0 aliphatic carbocycles. The molecular formula is C14H19N3O4. The van der Waals surface area contributed by atoms with E-state index < -0.39 is 23.9 Å². The number of nitrogens with two attached hydrogens (primary N) is 1. The molecule has 0 saturated heterocycles. The largest absolute Gasteiger partial charge is 0.478 e. The van der Waals surface area contributed by atoms with E-state index in [9.17, 15) is 14.4 Å². The zero-order valence-corrected chi connectivity index (χ0v) is 12.1. The van der Waals surface area contributed by atoms with Gasteiger partial charge in [-0.2, -0.15) is 0 Å². The number of carboxylic acid groups (broad SMARTS) is 1. The van der Waals surface area contributed by atoms with Crippen LogP contribution in [0, 0.1) is 12.8 Å². The van der Waals surface area contributed by atoms with E-state index >= 15 is 0 Å². The number of hydrogen-bond donors (Lipinski definition) is 4. The van der Waals surface area contributed by atoms with Crippen LogP contribution < -0.4 is 16.4 Å². The van der Waals surface area contributed by atoms with Crippen LogP contribution in [0.5, 0.6) is 0 Å². The molecule has 5 N–H and O–H groups in total. The molecule has 1 aromatic carbocycles. The minimum absolute atomic E-state index is 0.108. The fraction of sp³-hybridized carbons (Fsp3) is 0.357. The monoisotopic (exact) mass is 293 g/mol. The summed E-state index contributed by atoms with van der Waals surface area (Å²) in [5.74, 6) is -1.69. The van der Waals surface area contributed by atoms with Crippen LogP contribution in [0.15, 0.2) is 18.2 Å². The average molecular weight is 293 g/mol. The maximum Gasteiger partial charge on any atom is 0.336 e. The Morgan fingerprint density at radius 2 is 1.86 bits per heavy atom. The molecule has 0 aliphatic rings. The molecule has 3 amide bonds. The molecule has 1 aromatic rings. The van der Waals surface area contributed by atoms with Crippen molar-refractivity contribution in [2.75, 3.05) is 5.32 Å². The Balaban J connectivity index is 2.99. The molecule has 0 spiro atoms. The lowest BCUT2D eigenvalue weighted by Crippen LogP contribution is -2.49. The Morgan fingerprint density at radius 3 is 2.33 bits per heavy atom. The van der Waals surface area contributed by atoms with Gasteiger partial charge in [0.25, 0.3) is 0 Å². The summed E-state index contributed by atoms with van der Waals surface area (Å²) in [5, 5.41) is 14.0. The first-order valence-corrected chi connectivity index (χ1v) is 6.43. The third-order valence-corrected chi connectivity index (χ3v) is 3.07. The Labute approximate surface area is 122 Å². The van der Waals surface area contributed by atoms with Crippen molar-refractivity contribution in [3.05, 3.63) is 29.3 Å². The van der Waals surface area contributed by atoms with E-state index in [0.717, 1.165) is 0 Å². The predicted molar refractivity (Wildman–Crippen MR) is 78.1 cm³/mol. The van der Waals surface area contributed by atoms with Crippen molar-refractivity contribution in [3.8, 4) is 0 Å². The number of benzene rings is 1. The lowest BCUT2D eigenvalue weighted by molar-refractivity contribution is -0.118. The van der Waals surface area contributed by atoms with E-state index in [2.05, 4.69) is 10.6 Å². The molecule has 1 rings (SSSR count). The standard InChI is InChI=1S/C14H19N3O4/c1-7(2)11(17-14(15)21)12(18)16-10-6-4-5-9(8(10)3)13(19)20/h4-7,11H,1-3H3,(H,16,18)(H,19,20)(H3,15,17,21). The quantitative estimate of drug-likeness (QED) is 0.654. The summed E-state index contributed by atoms with van der Waals surface area (Å²) in [6, 6.07) is 3.00. The van der Waals surface area contributed by atoms with E-state index in [-0.39, 0.29) is 11.5 Å². The molecule has 0 fully saturated rings. The van der Waals surface area contributed by atoms with Crippen molar-refractivity contribution in [1.82, 2.24) is 5.32 Å². The van der Waals surface area contributed by atoms with Crippen molar-refractivity contribution in [3.63, 3.8) is 0 Å². The zero-order valence-electron chi connectivity index (χ0n) is 12.1. The van der Waals surface area contributed by atoms with Crippen molar-refractivity contribution in [2.24, 2.45) is 11.7 Å². The van der Waals surface area contributed by atoms with Gasteiger partial charge in [-0.3, -0.25) is 4.79 Å². The van der Waals surface area contributed by atoms with Gasteiger partial charge in [0.1, 0.15) is 6.04 Å². The molecule has 21 heavy (non-hydrogen) atoms. The average Bonchev–Trinajstić information content (AvgIpc) is 2.37. The number of nitrogens with one attached hydrogen (secondary N) is 2. The summed E-state index contributed by atoms with van der Waals surface area (Å²) >= 11 is 0. The van der Waals surface area contributed by atoms with Crippen molar-refractivity contribution < 1.29 is 19.5 Å². The van der Waals surface area contributed by atoms with Gasteiger partial charge in [-0.15, -0.1) is 0 Å². The number of urea groups is 1. The summed E-state index contributed by atoms with van der Waals surface area (Å²) in [6.07, 6.45) is 0. The second-order valence-electron chi connectivity index (χ2n) is 5.00. The number of aromatic carboxylic acids is 1. The van der Waals surface area contributed by atoms with E-state index in [1.165, 1.54) is 12.1 Å². The third kappa shape index (κ3) is 4.20. The third-order valence-electron chi connectivity index (χ3n) is 3.07. The maximum absolute atomic E-state index is 12.2. The van der Waals surface area contributed by atoms with Crippen molar-refractivity contribution in [1.29, 1.82) is 0 Å². The Morgan fingerprint density at radius 1 is 1.24 bits per heavy atom. The van der Waals surface area contributed by atoms with Crippen LogP contribution in [-0.2, 0) is 4.79 Å². The van der Waals surface area contributed by atoms with E-state index in [1.807, 2.05) is 0 Å². The number of carbonyl (C=O) groups is 3. The van der Waals surface area contributed by atoms with Crippen LogP contribution in [0.1, 0.15) is 29.8 Å². The molecule has 0 radical (unpaired) electrons. The van der Waals surface area contributed by atoms with Crippen LogP contribution in [0.25, 0.3) is 0 Å². The van der Waals surface area contributed by atoms with Gasteiger partial charge in [0, 0.05) is 5.69 Å². The molecule has 7 nitrogen and oxygen atoms in total. The molecule has 0 saturated carbocycles. The summed E-state index contributed by atoms with van der Waals surface area (Å²) < 4.78 is 0. The van der Waals surface area contributed by atoms with Crippen LogP contribution in [-0.4, -0.2) is 29.1 Å². The van der Waals surface area contributed by atoms with Crippen LogP contribution in [0.4, 0.5) is 10.5 Å². The fourth-order valence-corrected chi connectivity index (χ4v) is 1.90. The summed E-state index contributed by atoms with van der Waals surface area (Å²) in [6.45, 7) is 5.13. The van der Waals surface area contributed by atoms with Crippen molar-refractivity contribution >= 4 is 23.6 Å². The minimum atomic E-state index is -1.07. The molecule has 0 aliphatic heterocycles. The smallest absolute Gasteiger partial charge is 0.336 e. The zero-order chi connectivity index (χ0) is 16.2. The normalized spacial score (nSPS) is 11.8. The van der Waals surface area contributed by atoms with Gasteiger partial charge < -0.3 is 21.5 Å². The van der Waals surface area contributed by atoms with Crippen molar-refractivity contribution in [2.45, 2.75) is 26.8 Å². The highest BCUT2D eigenvalue weighted by Crippen LogP contribution is 2.19. The maximum atomic E-state index is 12.2. The number of carbonyl (C=O) groups excluding carboxylic acids is 2. The van der Waals surface area contributed by atoms with Gasteiger partial charge in [0.05, 0.1) is 5.56 Å². The van der Waals surface area contributed by atoms with E-state index in [1.54, 1.807) is 26.8 Å². The molecular weight excluding hydrogens is 274 g/mol. The molecule has 1 unspecified atom stereocenters. The number of hydrogen-bond acceptors (Lipinski definition) is 3. The molecule has 0 heterocycles. The van der Waals surface area contributed by atoms with Crippen LogP contribution in [0.2, 0.25) is 0 Å². The van der Waals surface area contributed by atoms with Gasteiger partial charge in [-0.05, 0) is 30.5 Å². The summed E-state index contributed by atoms with van der Waals surface area (Å²) in [5.41, 5.74) is 5.99. The second-order valence-corrected chi connectivity index (χ2v) is 5.00. The minimum Gasteiger partial charge on any atom is -0.478 e. The molecule has 114 valence electrons. The number of anilines is 1. The van der Waals surface area contributed by atoms with Gasteiger partial charge >= 0.3 is 12.0 Å². The predicted octanol–water partition coefficient (Wildman–Crippen LogP) is 1.32. The molecule has 7 heteroatoms. The van der Waals surface area contributed by atoms with Crippen LogP contribution in [0.3, 0.4) is 0 Å². The van der Waals surface area contributed by atoms with Gasteiger partial charge in [-0.1, -0.05) is 19.9 Å². The first kappa shape index (κ1) is 16.5. The Hall–Kier alpha value is -2.57. The highest BCUT2D eigenvalue weighted by molar-refractivity contribution is 5.99. The highest BCUT2D eigenvalue weighted by atomic mass is 16.4. The molecule has 0 bridgehead atoms.